The number of aromatic nitrogens is 3. The van der Waals surface area contributed by atoms with E-state index in [-0.39, 0.29) is 6.71 Å². The molecule has 0 aliphatic carbocycles. The summed E-state index contributed by atoms with van der Waals surface area (Å²) in [6, 6.07) is 68.6. The molecule has 3 aromatic heterocycles. The minimum atomic E-state index is 0.0774. The van der Waals surface area contributed by atoms with Crippen molar-refractivity contribution in [3.8, 4) is 50.5 Å². The number of hydrogen-bond donors (Lipinski definition) is 0. The molecule has 4 heteroatoms. The Hall–Kier alpha value is -7.95. The quantitative estimate of drug-likeness (QED) is 0.147. The number of nitrogens with zero attached hydrogens (tertiary/aromatic N) is 3. The van der Waals surface area contributed by atoms with Crippen LogP contribution in [0.1, 0.15) is 18.1 Å². The van der Waals surface area contributed by atoms with E-state index in [1.54, 1.807) is 0 Å². The minimum absolute atomic E-state index is 0.0774. The van der Waals surface area contributed by atoms with Gasteiger partial charge in [-0.2, -0.15) is 0 Å². The maximum Gasteiger partial charge on any atom is 0.242 e. The molecule has 11 aromatic rings. The van der Waals surface area contributed by atoms with E-state index < -0.39 is 0 Å². The summed E-state index contributed by atoms with van der Waals surface area (Å²) in [6.45, 7) is 6.48. The van der Waals surface area contributed by atoms with Crippen LogP contribution in [-0.4, -0.2) is 20.7 Å². The number of fused-ring (bicyclic) bond motifs is 8. The number of para-hydroxylation sites is 2. The fraction of sp³-hybridized carbons (Fsp3) is 0.0172. The molecule has 0 unspecified atom stereocenters. The molecule has 0 saturated heterocycles. The van der Waals surface area contributed by atoms with E-state index in [9.17, 15) is 0 Å². The normalized spacial score (nSPS) is 12.2. The molecule has 3 nitrogen and oxygen atoms in total. The highest BCUT2D eigenvalue weighted by Gasteiger charge is 2.36. The Bertz CT molecular complexity index is 3610. The SMILES string of the molecule is C=Cc1c(/C=C\C)c(-c2c(-c3cccc4c3-c3cc(-c5ccc6c(c5)c5ccccc5n6-c5ccccc5)ccc3B4c3ccccc3)nc3ccccn23)cc2ccccc12. The van der Waals surface area contributed by atoms with Gasteiger partial charge in [0.2, 0.25) is 6.71 Å². The summed E-state index contributed by atoms with van der Waals surface area (Å²) in [7, 11) is 0. The van der Waals surface area contributed by atoms with Crippen molar-refractivity contribution in [2.75, 3.05) is 0 Å². The molecule has 0 amide bonds. The van der Waals surface area contributed by atoms with E-state index in [1.165, 1.54) is 71.2 Å². The lowest BCUT2D eigenvalue weighted by atomic mass is 9.39. The van der Waals surface area contributed by atoms with Crippen molar-refractivity contribution in [3.05, 3.63) is 218 Å². The molecule has 0 saturated carbocycles. The van der Waals surface area contributed by atoms with Crippen molar-refractivity contribution in [2.24, 2.45) is 0 Å². The fourth-order valence-corrected chi connectivity index (χ4v) is 10.3. The van der Waals surface area contributed by atoms with Crippen molar-refractivity contribution in [1.29, 1.82) is 0 Å². The summed E-state index contributed by atoms with van der Waals surface area (Å²) in [4.78, 5) is 5.53. The van der Waals surface area contributed by atoms with E-state index in [0.717, 1.165) is 45.0 Å². The minimum Gasteiger partial charge on any atom is -0.309 e. The Morgan fingerprint density at radius 1 is 0.548 bits per heavy atom. The van der Waals surface area contributed by atoms with Gasteiger partial charge in [0.05, 0.1) is 22.4 Å². The van der Waals surface area contributed by atoms with Crippen molar-refractivity contribution in [3.63, 3.8) is 0 Å². The predicted molar refractivity (Wildman–Crippen MR) is 265 cm³/mol. The van der Waals surface area contributed by atoms with Gasteiger partial charge in [-0.3, -0.25) is 4.40 Å². The number of pyridine rings is 1. The van der Waals surface area contributed by atoms with Gasteiger partial charge in [0.15, 0.2) is 0 Å². The Morgan fingerprint density at radius 3 is 2.11 bits per heavy atom. The van der Waals surface area contributed by atoms with Crippen LogP contribution >= 0.6 is 0 Å². The molecule has 1 aliphatic rings. The molecule has 0 radical (unpaired) electrons. The summed E-state index contributed by atoms with van der Waals surface area (Å²) >= 11 is 0. The molecule has 0 spiro atoms. The molecule has 4 heterocycles. The molecule has 290 valence electrons. The van der Waals surface area contributed by atoms with Gasteiger partial charge in [0, 0.05) is 33.8 Å². The van der Waals surface area contributed by atoms with Crippen molar-refractivity contribution in [2.45, 2.75) is 6.92 Å². The molecule has 1 aliphatic heterocycles. The molecule has 0 bridgehead atoms. The largest absolute Gasteiger partial charge is 0.309 e. The maximum atomic E-state index is 5.53. The average molecular weight is 790 g/mol. The second kappa shape index (κ2) is 14.4. The standard InChI is InChI=1S/C58H40BN3/c1-3-18-45-43(4-2)44-24-12-11-19-40(44)37-49(45)58-57(60-55-29-15-16-34-61(55)58)47-26-17-27-52-56(47)50-36-38(30-32-51(50)59(52)41-20-7-5-8-21-41)39-31-33-54-48(35-39)46-25-13-14-28-53(46)62(54)42-22-9-6-10-23-42/h3-37H,2H2,1H3/b18-3-. The first-order chi connectivity index (χ1) is 30.7. The molecule has 0 atom stereocenters. The van der Waals surface area contributed by atoms with Gasteiger partial charge in [0.1, 0.15) is 5.65 Å². The number of hydrogen-bond acceptors (Lipinski definition) is 1. The number of benzene rings is 8. The Kier molecular flexibility index (Phi) is 8.33. The predicted octanol–water partition coefficient (Wildman–Crippen LogP) is 12.8. The summed E-state index contributed by atoms with van der Waals surface area (Å²) in [5, 5.41) is 4.84. The zero-order valence-electron chi connectivity index (χ0n) is 34.3. The molecule has 12 rings (SSSR count). The van der Waals surface area contributed by atoms with Crippen LogP contribution in [0, 0.1) is 0 Å². The molecule has 8 aromatic carbocycles. The topological polar surface area (TPSA) is 22.2 Å². The zero-order chi connectivity index (χ0) is 41.3. The molecular weight excluding hydrogens is 749 g/mol. The van der Waals surface area contributed by atoms with E-state index >= 15 is 0 Å². The van der Waals surface area contributed by atoms with Crippen LogP contribution in [0.5, 0.6) is 0 Å². The fourth-order valence-electron chi connectivity index (χ4n) is 10.3. The third-order valence-corrected chi connectivity index (χ3v) is 12.9. The van der Waals surface area contributed by atoms with Crippen LogP contribution in [0.15, 0.2) is 207 Å². The second-order valence-electron chi connectivity index (χ2n) is 16.3. The Balaban J connectivity index is 1.11. The van der Waals surface area contributed by atoms with Crippen LogP contribution in [0.4, 0.5) is 0 Å². The monoisotopic (exact) mass is 789 g/mol. The van der Waals surface area contributed by atoms with Crippen molar-refractivity contribution < 1.29 is 0 Å². The highest BCUT2D eigenvalue weighted by atomic mass is 15.0. The number of rotatable bonds is 7. The van der Waals surface area contributed by atoms with Crippen LogP contribution in [0.25, 0.3) is 101 Å². The summed E-state index contributed by atoms with van der Waals surface area (Å²) in [6.07, 6.45) is 8.50. The first-order valence-electron chi connectivity index (χ1n) is 21.4. The van der Waals surface area contributed by atoms with Crippen molar-refractivity contribution in [1.82, 2.24) is 14.0 Å². The lowest BCUT2D eigenvalue weighted by molar-refractivity contribution is 1.18. The molecular formula is C58H40BN3. The van der Waals surface area contributed by atoms with Crippen LogP contribution in [-0.2, 0) is 0 Å². The lowest BCUT2D eigenvalue weighted by Gasteiger charge is -2.17. The average Bonchev–Trinajstić information content (AvgIpc) is 3.99. The van der Waals surface area contributed by atoms with Gasteiger partial charge in [-0.25, -0.2) is 4.98 Å². The van der Waals surface area contributed by atoms with Gasteiger partial charge in [-0.05, 0) is 106 Å². The van der Waals surface area contributed by atoms with Crippen LogP contribution in [0.2, 0.25) is 0 Å². The van der Waals surface area contributed by atoms with E-state index in [0.29, 0.717) is 0 Å². The Labute approximate surface area is 361 Å². The smallest absolute Gasteiger partial charge is 0.242 e. The first-order valence-corrected chi connectivity index (χ1v) is 21.4. The highest BCUT2D eigenvalue weighted by Crippen LogP contribution is 2.44. The number of allylic oxidation sites excluding steroid dienone is 1. The van der Waals surface area contributed by atoms with Crippen LogP contribution in [0.3, 0.4) is 0 Å². The third kappa shape index (κ3) is 5.43. The van der Waals surface area contributed by atoms with Gasteiger partial charge in [-0.15, -0.1) is 0 Å². The molecule has 0 fully saturated rings. The zero-order valence-corrected chi connectivity index (χ0v) is 34.3. The van der Waals surface area contributed by atoms with Crippen LogP contribution < -0.4 is 16.4 Å². The summed E-state index contributed by atoms with van der Waals surface area (Å²) in [5.74, 6) is 0. The lowest BCUT2D eigenvalue weighted by Crippen LogP contribution is -2.48. The van der Waals surface area contributed by atoms with Gasteiger partial charge >= 0.3 is 0 Å². The summed E-state index contributed by atoms with van der Waals surface area (Å²) in [5.41, 5.74) is 19.7. The summed E-state index contributed by atoms with van der Waals surface area (Å²) < 4.78 is 4.65. The van der Waals surface area contributed by atoms with Gasteiger partial charge in [-0.1, -0.05) is 175 Å². The molecule has 62 heavy (non-hydrogen) atoms. The van der Waals surface area contributed by atoms with E-state index in [4.69, 9.17) is 4.98 Å². The van der Waals surface area contributed by atoms with Gasteiger partial charge in [0.25, 0.3) is 0 Å². The first kappa shape index (κ1) is 36.0. The third-order valence-electron chi connectivity index (χ3n) is 12.9. The second-order valence-corrected chi connectivity index (χ2v) is 16.3. The maximum absolute atomic E-state index is 5.53. The van der Waals surface area contributed by atoms with E-state index in [1.807, 2.05) is 6.08 Å². The molecule has 0 N–H and O–H groups in total. The Morgan fingerprint density at radius 2 is 1.27 bits per heavy atom. The highest BCUT2D eigenvalue weighted by molar-refractivity contribution is 6.99. The van der Waals surface area contributed by atoms with Gasteiger partial charge < -0.3 is 4.57 Å². The van der Waals surface area contributed by atoms with E-state index in [2.05, 4.69) is 229 Å². The number of imidazole rings is 1. The van der Waals surface area contributed by atoms with Crippen molar-refractivity contribution >= 4 is 73.5 Å².